The number of ether oxygens (including phenoxy) is 1. The summed E-state index contributed by atoms with van der Waals surface area (Å²) in [7, 11) is 1.25. The van der Waals surface area contributed by atoms with Crippen LogP contribution in [0.4, 0.5) is 0 Å². The van der Waals surface area contributed by atoms with Gasteiger partial charge in [-0.15, -0.1) is 0 Å². The van der Waals surface area contributed by atoms with Gasteiger partial charge in [0.1, 0.15) is 10.3 Å². The van der Waals surface area contributed by atoms with Gasteiger partial charge in [0.05, 0.1) is 12.7 Å². The van der Waals surface area contributed by atoms with Crippen LogP contribution in [-0.2, 0) is 4.74 Å². The van der Waals surface area contributed by atoms with Crippen LogP contribution in [0, 0.1) is 0 Å². The molecule has 4 nitrogen and oxygen atoms in total. The zero-order valence-corrected chi connectivity index (χ0v) is 8.37. The highest BCUT2D eigenvalue weighted by Crippen LogP contribution is 2.11. The van der Waals surface area contributed by atoms with Crippen LogP contribution in [0.25, 0.3) is 0 Å². The number of pyridine rings is 1. The van der Waals surface area contributed by atoms with E-state index in [2.05, 4.69) is 25.7 Å². The van der Waals surface area contributed by atoms with Crippen LogP contribution in [0.1, 0.15) is 20.8 Å². The van der Waals surface area contributed by atoms with E-state index in [0.29, 0.717) is 10.9 Å². The maximum atomic E-state index is 11.1. The molecule has 0 saturated carbocycles. The number of carbonyl (C=O) groups excluding carboxylic acids is 2. The minimum absolute atomic E-state index is 0.0706. The second kappa shape index (κ2) is 4.13. The first kappa shape index (κ1) is 9.85. The third kappa shape index (κ3) is 2.12. The smallest absolute Gasteiger partial charge is 0.340 e. The van der Waals surface area contributed by atoms with Crippen molar-refractivity contribution in [3.05, 3.63) is 28.0 Å². The topological polar surface area (TPSA) is 56.3 Å². The third-order valence-electron chi connectivity index (χ3n) is 1.41. The van der Waals surface area contributed by atoms with E-state index < -0.39 is 5.97 Å². The number of aldehydes is 1. The van der Waals surface area contributed by atoms with E-state index in [1.165, 1.54) is 13.2 Å². The molecule has 0 fully saturated rings. The first-order chi connectivity index (χ1) is 6.19. The molecule has 68 valence electrons. The lowest BCUT2D eigenvalue weighted by Crippen LogP contribution is -2.06. The predicted octanol–water partition coefficient (Wildman–Crippen LogP) is 1.44. The van der Waals surface area contributed by atoms with Crippen molar-refractivity contribution in [2.24, 2.45) is 0 Å². The molecule has 0 aliphatic rings. The number of rotatable bonds is 2. The summed E-state index contributed by atoms with van der Waals surface area (Å²) < 4.78 is 4.97. The Morgan fingerprint density at radius 1 is 1.62 bits per heavy atom. The van der Waals surface area contributed by atoms with Crippen molar-refractivity contribution in [1.29, 1.82) is 0 Å². The first-order valence-corrected chi connectivity index (χ1v) is 4.18. The van der Waals surface area contributed by atoms with Crippen molar-refractivity contribution in [2.45, 2.75) is 0 Å². The number of carbonyl (C=O) groups is 2. The van der Waals surface area contributed by atoms with Crippen molar-refractivity contribution in [2.75, 3.05) is 7.11 Å². The second-order valence-electron chi connectivity index (χ2n) is 2.18. The number of halogens is 1. The van der Waals surface area contributed by atoms with Gasteiger partial charge in [0.2, 0.25) is 0 Å². The quantitative estimate of drug-likeness (QED) is 0.448. The maximum Gasteiger partial charge on any atom is 0.340 e. The van der Waals surface area contributed by atoms with E-state index in [9.17, 15) is 9.59 Å². The Hall–Kier alpha value is -1.23. The fourth-order valence-corrected chi connectivity index (χ4v) is 1.15. The van der Waals surface area contributed by atoms with Gasteiger partial charge in [-0.3, -0.25) is 4.79 Å². The van der Waals surface area contributed by atoms with Crippen LogP contribution in [0.5, 0.6) is 0 Å². The molecule has 1 heterocycles. The SMILES string of the molecule is COC(=O)c1ccc(Br)nc1C=O. The summed E-state index contributed by atoms with van der Waals surface area (Å²) in [6.45, 7) is 0. The van der Waals surface area contributed by atoms with E-state index in [1.807, 2.05) is 0 Å². The first-order valence-electron chi connectivity index (χ1n) is 3.39. The molecule has 0 unspecified atom stereocenters. The summed E-state index contributed by atoms with van der Waals surface area (Å²) in [5, 5.41) is 0. The highest BCUT2D eigenvalue weighted by molar-refractivity contribution is 9.10. The number of aromatic nitrogens is 1. The molecule has 1 aromatic heterocycles. The monoisotopic (exact) mass is 243 g/mol. The summed E-state index contributed by atoms with van der Waals surface area (Å²) in [4.78, 5) is 25.4. The molecule has 0 aliphatic heterocycles. The molecule has 0 aromatic carbocycles. The van der Waals surface area contributed by atoms with Gasteiger partial charge in [-0.25, -0.2) is 9.78 Å². The normalized spacial score (nSPS) is 9.38. The van der Waals surface area contributed by atoms with Crippen LogP contribution >= 0.6 is 15.9 Å². The lowest BCUT2D eigenvalue weighted by molar-refractivity contribution is 0.0597. The van der Waals surface area contributed by atoms with Gasteiger partial charge in [-0.05, 0) is 28.1 Å². The van der Waals surface area contributed by atoms with Gasteiger partial charge in [-0.2, -0.15) is 0 Å². The average molecular weight is 244 g/mol. The lowest BCUT2D eigenvalue weighted by atomic mass is 10.2. The number of esters is 1. The summed E-state index contributed by atoms with van der Waals surface area (Å²) in [5.41, 5.74) is 0.238. The number of hydrogen-bond donors (Lipinski definition) is 0. The van der Waals surface area contributed by atoms with Crippen LogP contribution in [0.2, 0.25) is 0 Å². The minimum atomic E-state index is -0.567. The fraction of sp³-hybridized carbons (Fsp3) is 0.125. The molecule has 0 bridgehead atoms. The average Bonchev–Trinajstić information content (AvgIpc) is 2.16. The third-order valence-corrected chi connectivity index (χ3v) is 1.85. The van der Waals surface area contributed by atoms with E-state index in [4.69, 9.17) is 0 Å². The Bertz CT molecular complexity index is 351. The highest BCUT2D eigenvalue weighted by atomic mass is 79.9. The Balaban J connectivity index is 3.20. The fourth-order valence-electron chi connectivity index (χ4n) is 0.822. The molecule has 0 radical (unpaired) electrons. The van der Waals surface area contributed by atoms with Crippen LogP contribution in [-0.4, -0.2) is 24.3 Å². The van der Waals surface area contributed by atoms with E-state index in [0.717, 1.165) is 0 Å². The lowest BCUT2D eigenvalue weighted by Gasteiger charge is -2.01. The molecule has 0 saturated heterocycles. The summed E-state index contributed by atoms with van der Waals surface area (Å²) in [5.74, 6) is -0.567. The molecule has 5 heteroatoms. The summed E-state index contributed by atoms with van der Waals surface area (Å²) in [6, 6.07) is 3.05. The van der Waals surface area contributed by atoms with Crippen molar-refractivity contribution in [1.82, 2.24) is 4.98 Å². The molecular weight excluding hydrogens is 238 g/mol. The Labute approximate surface area is 83.1 Å². The molecule has 0 N–H and O–H groups in total. The largest absolute Gasteiger partial charge is 0.465 e. The zero-order valence-electron chi connectivity index (χ0n) is 6.78. The van der Waals surface area contributed by atoms with Gasteiger partial charge >= 0.3 is 5.97 Å². The minimum Gasteiger partial charge on any atom is -0.465 e. The highest BCUT2D eigenvalue weighted by Gasteiger charge is 2.12. The Morgan fingerprint density at radius 2 is 2.31 bits per heavy atom. The number of methoxy groups -OCH3 is 1. The standard InChI is InChI=1S/C8H6BrNO3/c1-13-8(12)5-2-3-7(9)10-6(5)4-11/h2-4H,1H3. The van der Waals surface area contributed by atoms with E-state index in [1.54, 1.807) is 6.07 Å². The molecule has 1 aromatic rings. The van der Waals surface area contributed by atoms with Gasteiger partial charge in [0.15, 0.2) is 6.29 Å². The number of hydrogen-bond acceptors (Lipinski definition) is 4. The summed E-state index contributed by atoms with van der Waals surface area (Å²) in [6.07, 6.45) is 0.511. The van der Waals surface area contributed by atoms with Crippen LogP contribution < -0.4 is 0 Å². The van der Waals surface area contributed by atoms with Gasteiger partial charge < -0.3 is 4.74 Å². The molecular formula is C8H6BrNO3. The second-order valence-corrected chi connectivity index (χ2v) is 2.99. The van der Waals surface area contributed by atoms with E-state index in [-0.39, 0.29) is 11.3 Å². The maximum absolute atomic E-state index is 11.1. The zero-order chi connectivity index (χ0) is 9.84. The molecule has 0 amide bonds. The van der Waals surface area contributed by atoms with Crippen molar-refractivity contribution >= 4 is 28.2 Å². The Morgan fingerprint density at radius 3 is 2.85 bits per heavy atom. The van der Waals surface area contributed by atoms with Crippen molar-refractivity contribution < 1.29 is 14.3 Å². The van der Waals surface area contributed by atoms with Gasteiger partial charge in [0.25, 0.3) is 0 Å². The van der Waals surface area contributed by atoms with Gasteiger partial charge in [0, 0.05) is 0 Å². The Kier molecular flexibility index (Phi) is 3.13. The van der Waals surface area contributed by atoms with Crippen molar-refractivity contribution in [3.63, 3.8) is 0 Å². The van der Waals surface area contributed by atoms with Crippen molar-refractivity contribution in [3.8, 4) is 0 Å². The van der Waals surface area contributed by atoms with Gasteiger partial charge in [-0.1, -0.05) is 0 Å². The molecule has 0 aliphatic carbocycles. The molecule has 0 atom stereocenters. The molecule has 0 spiro atoms. The number of nitrogens with zero attached hydrogens (tertiary/aromatic N) is 1. The molecule has 13 heavy (non-hydrogen) atoms. The predicted molar refractivity (Wildman–Crippen MR) is 48.7 cm³/mol. The summed E-state index contributed by atoms with van der Waals surface area (Å²) >= 11 is 3.09. The van der Waals surface area contributed by atoms with E-state index >= 15 is 0 Å². The van der Waals surface area contributed by atoms with Crippen LogP contribution in [0.15, 0.2) is 16.7 Å². The molecule has 1 rings (SSSR count). The van der Waals surface area contributed by atoms with Crippen LogP contribution in [0.3, 0.4) is 0 Å².